The van der Waals surface area contributed by atoms with E-state index >= 15 is 0 Å². The molecule has 1 aromatic carbocycles. The first kappa shape index (κ1) is 15.7. The van der Waals surface area contributed by atoms with E-state index in [1.54, 1.807) is 7.11 Å². The third-order valence-electron chi connectivity index (χ3n) is 2.46. The van der Waals surface area contributed by atoms with E-state index in [0.717, 1.165) is 12.2 Å². The van der Waals surface area contributed by atoms with Gasteiger partial charge in [-0.15, -0.1) is 0 Å². The van der Waals surface area contributed by atoms with Gasteiger partial charge < -0.3 is 4.74 Å². The summed E-state index contributed by atoms with van der Waals surface area (Å²) in [6.45, 7) is 7.88. The fourth-order valence-corrected chi connectivity index (χ4v) is 1.35. The molecular weight excluding hydrogens is 212 g/mol. The SMILES string of the molecule is CC.COc1ccc(CCC(=O)C(C)C)cc1. The lowest BCUT2D eigenvalue weighted by atomic mass is 10.0. The molecular formula is C15H24O2. The minimum absolute atomic E-state index is 0.142. The predicted octanol–water partition coefficient (Wildman–Crippen LogP) is 3.88. The Morgan fingerprint density at radius 2 is 1.71 bits per heavy atom. The van der Waals surface area contributed by atoms with Crippen molar-refractivity contribution in [3.63, 3.8) is 0 Å². The number of hydrogen-bond acceptors (Lipinski definition) is 2. The van der Waals surface area contributed by atoms with E-state index in [1.165, 1.54) is 5.56 Å². The van der Waals surface area contributed by atoms with Crippen molar-refractivity contribution in [1.29, 1.82) is 0 Å². The highest BCUT2D eigenvalue weighted by molar-refractivity contribution is 5.80. The lowest BCUT2D eigenvalue weighted by Gasteiger charge is -2.05. The third kappa shape index (κ3) is 6.10. The molecule has 0 aliphatic heterocycles. The van der Waals surface area contributed by atoms with Gasteiger partial charge in [0.25, 0.3) is 0 Å². The van der Waals surface area contributed by atoms with Gasteiger partial charge in [-0.2, -0.15) is 0 Å². The molecule has 2 heteroatoms. The maximum absolute atomic E-state index is 11.4. The standard InChI is InChI=1S/C13H18O2.C2H6/c1-10(2)13(14)9-6-11-4-7-12(15-3)8-5-11;1-2/h4-5,7-8,10H,6,9H2,1-3H3;1-2H3. The van der Waals surface area contributed by atoms with Gasteiger partial charge >= 0.3 is 0 Å². The number of ether oxygens (including phenoxy) is 1. The molecule has 0 aliphatic rings. The van der Waals surface area contributed by atoms with Gasteiger partial charge in [-0.1, -0.05) is 39.8 Å². The lowest BCUT2D eigenvalue weighted by Crippen LogP contribution is -2.07. The second-order valence-electron chi connectivity index (χ2n) is 3.97. The molecule has 2 nitrogen and oxygen atoms in total. The zero-order valence-electron chi connectivity index (χ0n) is 11.6. The number of benzene rings is 1. The smallest absolute Gasteiger partial charge is 0.135 e. The van der Waals surface area contributed by atoms with Crippen molar-refractivity contribution in [3.05, 3.63) is 29.8 Å². The van der Waals surface area contributed by atoms with Gasteiger partial charge in [0.05, 0.1) is 7.11 Å². The molecule has 0 bridgehead atoms. The average molecular weight is 236 g/mol. The lowest BCUT2D eigenvalue weighted by molar-refractivity contribution is -0.121. The zero-order valence-corrected chi connectivity index (χ0v) is 11.6. The minimum atomic E-state index is 0.142. The van der Waals surface area contributed by atoms with Crippen LogP contribution >= 0.6 is 0 Å². The Bertz CT molecular complexity index is 312. The van der Waals surface area contributed by atoms with E-state index in [2.05, 4.69) is 0 Å². The fraction of sp³-hybridized carbons (Fsp3) is 0.533. The Balaban J connectivity index is 0.00000121. The van der Waals surface area contributed by atoms with Crippen LogP contribution in [0.25, 0.3) is 0 Å². The quantitative estimate of drug-likeness (QED) is 0.775. The average Bonchev–Trinajstić information content (AvgIpc) is 2.38. The molecule has 0 spiro atoms. The Hall–Kier alpha value is -1.31. The molecule has 17 heavy (non-hydrogen) atoms. The molecule has 0 heterocycles. The van der Waals surface area contributed by atoms with Crippen molar-refractivity contribution in [2.75, 3.05) is 7.11 Å². The van der Waals surface area contributed by atoms with Crippen LogP contribution in [-0.2, 0) is 11.2 Å². The van der Waals surface area contributed by atoms with Crippen LogP contribution < -0.4 is 4.74 Å². The maximum atomic E-state index is 11.4. The van der Waals surface area contributed by atoms with E-state index in [1.807, 2.05) is 52.0 Å². The molecule has 1 aromatic rings. The number of hydrogen-bond donors (Lipinski definition) is 0. The summed E-state index contributed by atoms with van der Waals surface area (Å²) < 4.78 is 5.07. The van der Waals surface area contributed by atoms with E-state index < -0.39 is 0 Å². The van der Waals surface area contributed by atoms with E-state index in [4.69, 9.17) is 4.74 Å². The van der Waals surface area contributed by atoms with Crippen LogP contribution in [0.1, 0.15) is 39.7 Å². The number of aryl methyl sites for hydroxylation is 1. The van der Waals surface area contributed by atoms with Gasteiger partial charge in [-0.3, -0.25) is 4.79 Å². The van der Waals surface area contributed by atoms with Crippen molar-refractivity contribution in [3.8, 4) is 5.75 Å². The fourth-order valence-electron chi connectivity index (χ4n) is 1.35. The molecule has 1 rings (SSSR count). The molecule has 0 saturated carbocycles. The van der Waals surface area contributed by atoms with Gasteiger partial charge in [0, 0.05) is 12.3 Å². The van der Waals surface area contributed by atoms with Crippen molar-refractivity contribution in [1.82, 2.24) is 0 Å². The highest BCUT2D eigenvalue weighted by Gasteiger charge is 2.06. The third-order valence-corrected chi connectivity index (χ3v) is 2.46. The Morgan fingerprint density at radius 1 is 1.18 bits per heavy atom. The molecule has 0 aromatic heterocycles. The largest absolute Gasteiger partial charge is 0.497 e. The summed E-state index contributed by atoms with van der Waals surface area (Å²) in [5.41, 5.74) is 1.19. The first-order chi connectivity index (χ1) is 8.13. The van der Waals surface area contributed by atoms with Gasteiger partial charge in [0.15, 0.2) is 0 Å². The van der Waals surface area contributed by atoms with Crippen molar-refractivity contribution < 1.29 is 9.53 Å². The van der Waals surface area contributed by atoms with Crippen LogP contribution in [0.15, 0.2) is 24.3 Å². The van der Waals surface area contributed by atoms with E-state index in [-0.39, 0.29) is 5.92 Å². The van der Waals surface area contributed by atoms with Gasteiger partial charge in [-0.05, 0) is 24.1 Å². The molecule has 0 unspecified atom stereocenters. The molecule has 96 valence electrons. The van der Waals surface area contributed by atoms with Gasteiger partial charge in [0.1, 0.15) is 11.5 Å². The zero-order chi connectivity index (χ0) is 13.3. The van der Waals surface area contributed by atoms with Crippen LogP contribution in [-0.4, -0.2) is 12.9 Å². The summed E-state index contributed by atoms with van der Waals surface area (Å²) in [6.07, 6.45) is 1.45. The maximum Gasteiger partial charge on any atom is 0.135 e. The summed E-state index contributed by atoms with van der Waals surface area (Å²) in [7, 11) is 1.65. The highest BCUT2D eigenvalue weighted by atomic mass is 16.5. The summed E-state index contributed by atoms with van der Waals surface area (Å²) in [4.78, 5) is 11.4. The topological polar surface area (TPSA) is 26.3 Å². The highest BCUT2D eigenvalue weighted by Crippen LogP contribution is 2.13. The first-order valence-electron chi connectivity index (χ1n) is 6.29. The van der Waals surface area contributed by atoms with Crippen molar-refractivity contribution >= 4 is 5.78 Å². The van der Waals surface area contributed by atoms with Crippen LogP contribution in [0.5, 0.6) is 5.75 Å². The number of ketones is 1. The predicted molar refractivity (Wildman–Crippen MR) is 72.5 cm³/mol. The number of rotatable bonds is 5. The summed E-state index contributed by atoms with van der Waals surface area (Å²) >= 11 is 0. The molecule has 0 amide bonds. The molecule has 0 N–H and O–H groups in total. The van der Waals surface area contributed by atoms with E-state index in [9.17, 15) is 4.79 Å². The minimum Gasteiger partial charge on any atom is -0.497 e. The van der Waals surface area contributed by atoms with Crippen LogP contribution in [0.3, 0.4) is 0 Å². The number of carbonyl (C=O) groups is 1. The molecule has 0 aliphatic carbocycles. The number of carbonyl (C=O) groups excluding carboxylic acids is 1. The Morgan fingerprint density at radius 3 is 2.12 bits per heavy atom. The molecule has 0 atom stereocenters. The van der Waals surface area contributed by atoms with Crippen LogP contribution in [0, 0.1) is 5.92 Å². The van der Waals surface area contributed by atoms with Gasteiger partial charge in [-0.25, -0.2) is 0 Å². The Kier molecular flexibility index (Phi) is 8.12. The van der Waals surface area contributed by atoms with E-state index in [0.29, 0.717) is 12.2 Å². The van der Waals surface area contributed by atoms with Gasteiger partial charge in [0.2, 0.25) is 0 Å². The van der Waals surface area contributed by atoms with Crippen LogP contribution in [0.4, 0.5) is 0 Å². The second kappa shape index (κ2) is 8.80. The summed E-state index contributed by atoms with van der Waals surface area (Å²) in [6, 6.07) is 7.86. The first-order valence-corrected chi connectivity index (χ1v) is 6.29. The molecule has 0 radical (unpaired) electrons. The summed E-state index contributed by atoms with van der Waals surface area (Å²) in [5.74, 6) is 1.32. The normalized spacial score (nSPS) is 9.53. The Labute approximate surface area is 105 Å². The number of Topliss-reactive ketones (excluding diaryl/α,β-unsaturated/α-hetero) is 1. The van der Waals surface area contributed by atoms with Crippen LogP contribution in [0.2, 0.25) is 0 Å². The number of methoxy groups -OCH3 is 1. The molecule has 0 fully saturated rings. The second-order valence-corrected chi connectivity index (χ2v) is 3.97. The summed E-state index contributed by atoms with van der Waals surface area (Å²) in [5, 5.41) is 0. The molecule has 0 saturated heterocycles. The van der Waals surface area contributed by atoms with Crippen molar-refractivity contribution in [2.24, 2.45) is 5.92 Å². The van der Waals surface area contributed by atoms with Crippen molar-refractivity contribution in [2.45, 2.75) is 40.5 Å². The monoisotopic (exact) mass is 236 g/mol.